The van der Waals surface area contributed by atoms with Crippen molar-refractivity contribution in [2.45, 2.75) is 31.4 Å². The molecule has 0 saturated heterocycles. The van der Waals surface area contributed by atoms with E-state index >= 15 is 0 Å². The highest BCUT2D eigenvalue weighted by Gasteiger charge is 2.16. The Morgan fingerprint density at radius 2 is 2.26 bits per heavy atom. The van der Waals surface area contributed by atoms with Crippen molar-refractivity contribution in [2.75, 3.05) is 29.2 Å². The van der Waals surface area contributed by atoms with E-state index < -0.39 is 0 Å². The molecule has 104 valence electrons. The number of nitrogens with two attached hydrogens (primary N) is 1. The average Bonchev–Trinajstić information content (AvgIpc) is 2.39. The minimum atomic E-state index is 0.0707. The summed E-state index contributed by atoms with van der Waals surface area (Å²) in [4.78, 5) is 11.3. The summed E-state index contributed by atoms with van der Waals surface area (Å²) in [5.41, 5.74) is 9.71. The lowest BCUT2D eigenvalue weighted by molar-refractivity contribution is -0.116. The SMILES string of the molecule is CSC(C)CCNc1cc2c(cc1N)NC(=O)CC2. The Hall–Kier alpha value is -1.36. The van der Waals surface area contributed by atoms with Gasteiger partial charge in [-0.15, -0.1) is 0 Å². The number of hydrogen-bond donors (Lipinski definition) is 3. The fraction of sp³-hybridized carbons (Fsp3) is 0.500. The fourth-order valence-electron chi connectivity index (χ4n) is 2.13. The van der Waals surface area contributed by atoms with E-state index in [2.05, 4.69) is 29.9 Å². The minimum absolute atomic E-state index is 0.0707. The molecule has 0 aromatic heterocycles. The normalized spacial score (nSPS) is 15.6. The molecule has 19 heavy (non-hydrogen) atoms. The first-order valence-corrected chi connectivity index (χ1v) is 7.88. The van der Waals surface area contributed by atoms with Crippen LogP contribution in [0.15, 0.2) is 12.1 Å². The molecule has 1 unspecified atom stereocenters. The third-order valence-corrected chi connectivity index (χ3v) is 4.48. The highest BCUT2D eigenvalue weighted by atomic mass is 32.2. The van der Waals surface area contributed by atoms with Crippen LogP contribution in [0, 0.1) is 0 Å². The number of benzene rings is 1. The van der Waals surface area contributed by atoms with Crippen LogP contribution in [-0.4, -0.2) is 24.0 Å². The van der Waals surface area contributed by atoms with Crippen molar-refractivity contribution < 1.29 is 4.79 Å². The van der Waals surface area contributed by atoms with Crippen LogP contribution in [0.2, 0.25) is 0 Å². The van der Waals surface area contributed by atoms with Gasteiger partial charge >= 0.3 is 0 Å². The Kier molecular flexibility index (Phi) is 4.58. The van der Waals surface area contributed by atoms with Gasteiger partial charge in [0.25, 0.3) is 0 Å². The fourth-order valence-corrected chi connectivity index (χ4v) is 2.48. The second-order valence-corrected chi connectivity index (χ2v) is 6.18. The Balaban J connectivity index is 2.04. The number of nitrogens with one attached hydrogen (secondary N) is 2. The molecule has 0 radical (unpaired) electrons. The first-order valence-electron chi connectivity index (χ1n) is 6.59. The molecule has 1 aliphatic rings. The van der Waals surface area contributed by atoms with E-state index in [9.17, 15) is 4.79 Å². The summed E-state index contributed by atoms with van der Waals surface area (Å²) in [6.07, 6.45) is 4.58. The van der Waals surface area contributed by atoms with E-state index in [-0.39, 0.29) is 5.91 Å². The van der Waals surface area contributed by atoms with E-state index in [1.807, 2.05) is 17.8 Å². The van der Waals surface area contributed by atoms with Gasteiger partial charge in [-0.25, -0.2) is 0 Å². The monoisotopic (exact) mass is 279 g/mol. The van der Waals surface area contributed by atoms with E-state index in [4.69, 9.17) is 5.73 Å². The number of anilines is 3. The number of aryl methyl sites for hydroxylation is 1. The maximum atomic E-state index is 11.3. The first-order chi connectivity index (χ1) is 9.10. The number of fused-ring (bicyclic) bond motifs is 1. The van der Waals surface area contributed by atoms with Gasteiger partial charge in [-0.3, -0.25) is 4.79 Å². The third kappa shape index (κ3) is 3.56. The van der Waals surface area contributed by atoms with Crippen LogP contribution in [0.25, 0.3) is 0 Å². The van der Waals surface area contributed by atoms with E-state index in [1.165, 1.54) is 0 Å². The van der Waals surface area contributed by atoms with Crippen molar-refractivity contribution in [3.63, 3.8) is 0 Å². The zero-order valence-electron chi connectivity index (χ0n) is 11.5. The molecule has 0 spiro atoms. The van der Waals surface area contributed by atoms with Crippen molar-refractivity contribution in [3.8, 4) is 0 Å². The summed E-state index contributed by atoms with van der Waals surface area (Å²) < 4.78 is 0. The van der Waals surface area contributed by atoms with Crippen LogP contribution in [0.4, 0.5) is 17.1 Å². The van der Waals surface area contributed by atoms with E-state index in [1.54, 1.807) is 0 Å². The quantitative estimate of drug-likeness (QED) is 0.725. The van der Waals surface area contributed by atoms with Crippen molar-refractivity contribution in [1.29, 1.82) is 0 Å². The molecular formula is C14H21N3OS. The molecule has 2 rings (SSSR count). The smallest absolute Gasteiger partial charge is 0.224 e. The molecule has 1 aromatic carbocycles. The Morgan fingerprint density at radius 1 is 1.47 bits per heavy atom. The van der Waals surface area contributed by atoms with Crippen LogP contribution in [0.5, 0.6) is 0 Å². The van der Waals surface area contributed by atoms with Gasteiger partial charge in [-0.05, 0) is 36.8 Å². The number of hydrogen-bond acceptors (Lipinski definition) is 4. The number of rotatable bonds is 5. The predicted molar refractivity (Wildman–Crippen MR) is 83.9 cm³/mol. The largest absolute Gasteiger partial charge is 0.397 e. The molecule has 5 heteroatoms. The lowest BCUT2D eigenvalue weighted by Gasteiger charge is -2.20. The van der Waals surface area contributed by atoms with Gasteiger partial charge in [0.2, 0.25) is 5.91 Å². The van der Waals surface area contributed by atoms with Gasteiger partial charge in [0.05, 0.1) is 11.4 Å². The van der Waals surface area contributed by atoms with Crippen molar-refractivity contribution in [1.82, 2.24) is 0 Å². The van der Waals surface area contributed by atoms with Crippen molar-refractivity contribution >= 4 is 34.7 Å². The van der Waals surface area contributed by atoms with Crippen LogP contribution < -0.4 is 16.4 Å². The molecular weight excluding hydrogens is 258 g/mol. The topological polar surface area (TPSA) is 67.2 Å². The number of carbonyl (C=O) groups is 1. The summed E-state index contributed by atoms with van der Waals surface area (Å²) in [6, 6.07) is 3.92. The Morgan fingerprint density at radius 3 is 3.00 bits per heavy atom. The molecule has 1 atom stereocenters. The summed E-state index contributed by atoms with van der Waals surface area (Å²) in [5, 5.41) is 6.89. The number of thioether (sulfide) groups is 1. The molecule has 0 bridgehead atoms. The molecule has 4 nitrogen and oxygen atoms in total. The highest BCUT2D eigenvalue weighted by Crippen LogP contribution is 2.31. The van der Waals surface area contributed by atoms with Crippen LogP contribution >= 0.6 is 11.8 Å². The Bertz CT molecular complexity index is 476. The maximum absolute atomic E-state index is 11.3. The van der Waals surface area contributed by atoms with Gasteiger partial charge < -0.3 is 16.4 Å². The lowest BCUT2D eigenvalue weighted by atomic mass is 10.0. The van der Waals surface area contributed by atoms with Crippen molar-refractivity contribution in [2.24, 2.45) is 0 Å². The summed E-state index contributed by atoms with van der Waals surface area (Å²) in [6.45, 7) is 3.13. The molecule has 1 aliphatic heterocycles. The zero-order chi connectivity index (χ0) is 13.8. The molecule has 1 amide bonds. The number of amides is 1. The summed E-state index contributed by atoms with van der Waals surface area (Å²) >= 11 is 1.87. The standard InChI is InChI=1S/C14H21N3OS/c1-9(19-2)5-6-16-13-7-10-3-4-14(18)17-12(10)8-11(13)15/h7-9,16H,3-6,15H2,1-2H3,(H,17,18). The Labute approximate surface area is 118 Å². The van der Waals surface area contributed by atoms with E-state index in [0.717, 1.165) is 36.3 Å². The molecule has 1 aromatic rings. The summed E-state index contributed by atoms with van der Waals surface area (Å²) in [5.74, 6) is 0.0707. The molecule has 0 saturated carbocycles. The number of nitrogen functional groups attached to an aromatic ring is 1. The predicted octanol–water partition coefficient (Wildman–Crippen LogP) is 2.71. The third-order valence-electron chi connectivity index (χ3n) is 3.44. The van der Waals surface area contributed by atoms with Gasteiger partial charge in [0, 0.05) is 23.9 Å². The summed E-state index contributed by atoms with van der Waals surface area (Å²) in [7, 11) is 0. The molecule has 4 N–H and O–H groups in total. The second kappa shape index (κ2) is 6.19. The average molecular weight is 279 g/mol. The van der Waals surface area contributed by atoms with E-state index in [0.29, 0.717) is 17.4 Å². The minimum Gasteiger partial charge on any atom is -0.397 e. The van der Waals surface area contributed by atoms with Gasteiger partial charge in [0.15, 0.2) is 0 Å². The van der Waals surface area contributed by atoms with Crippen molar-refractivity contribution in [3.05, 3.63) is 17.7 Å². The lowest BCUT2D eigenvalue weighted by Crippen LogP contribution is -2.19. The van der Waals surface area contributed by atoms with Gasteiger partial charge in [-0.1, -0.05) is 6.92 Å². The van der Waals surface area contributed by atoms with Crippen LogP contribution in [-0.2, 0) is 11.2 Å². The molecule has 1 heterocycles. The maximum Gasteiger partial charge on any atom is 0.224 e. The number of carbonyl (C=O) groups excluding carboxylic acids is 1. The second-order valence-electron chi connectivity index (χ2n) is 4.91. The van der Waals surface area contributed by atoms with Crippen LogP contribution in [0.3, 0.4) is 0 Å². The van der Waals surface area contributed by atoms with Crippen LogP contribution in [0.1, 0.15) is 25.3 Å². The van der Waals surface area contributed by atoms with Gasteiger partial charge in [0.1, 0.15) is 0 Å². The van der Waals surface area contributed by atoms with Gasteiger partial charge in [-0.2, -0.15) is 11.8 Å². The zero-order valence-corrected chi connectivity index (χ0v) is 12.3. The highest BCUT2D eigenvalue weighted by molar-refractivity contribution is 7.99. The molecule has 0 aliphatic carbocycles. The first kappa shape index (κ1) is 14.1. The molecule has 0 fully saturated rings.